The largest absolute Gasteiger partial charge is 1.00 e. The van der Waals surface area contributed by atoms with Gasteiger partial charge < -0.3 is 33.2 Å². The number of fused-ring (bicyclic) bond motifs is 1. The molecule has 0 unspecified atom stereocenters. The molecule has 2 aromatic heterocycles. The number of anilines is 1. The average molecular weight is 469 g/mol. The van der Waals surface area contributed by atoms with E-state index in [0.29, 0.717) is 23.9 Å². The van der Waals surface area contributed by atoms with Crippen molar-refractivity contribution in [3.05, 3.63) is 57.5 Å². The number of rotatable bonds is 9. The van der Waals surface area contributed by atoms with Crippen molar-refractivity contribution < 1.29 is 61.1 Å². The van der Waals surface area contributed by atoms with Gasteiger partial charge >= 0.3 is 41.5 Å². The van der Waals surface area contributed by atoms with Gasteiger partial charge in [-0.1, -0.05) is 12.1 Å². The summed E-state index contributed by atoms with van der Waals surface area (Å²) in [5.74, 6) is -3.00. The molecule has 12 nitrogen and oxygen atoms in total. The Morgan fingerprint density at radius 2 is 1.82 bits per heavy atom. The van der Waals surface area contributed by atoms with Crippen LogP contribution in [0.5, 0.6) is 0 Å². The van der Waals surface area contributed by atoms with Crippen LogP contribution >= 0.6 is 0 Å². The fourth-order valence-corrected chi connectivity index (χ4v) is 3.19. The SMILES string of the molecule is Nc1nc2[nH]cc(CCc3ccc(C(=O)N[C@@H](CCC(=O)O)C(=O)O)cc3)c2c(=O)[nH]1.O.[H-].[Na+]. The second-order valence-electron chi connectivity index (χ2n) is 6.98. The molecule has 1 atom stereocenters. The zero-order chi connectivity index (χ0) is 22.5. The number of carboxylic acid groups (broad SMARTS) is 2. The van der Waals surface area contributed by atoms with Gasteiger partial charge in [-0.05, 0) is 42.5 Å². The van der Waals surface area contributed by atoms with Gasteiger partial charge in [-0.2, -0.15) is 4.98 Å². The molecule has 3 aromatic rings. The maximum absolute atomic E-state index is 12.3. The fraction of sp³-hybridized carbons (Fsp3) is 0.250. The summed E-state index contributed by atoms with van der Waals surface area (Å²) in [6.07, 6.45) is 2.27. The molecule has 0 fully saturated rings. The molecule has 0 saturated heterocycles. The molecule has 0 spiro atoms. The summed E-state index contributed by atoms with van der Waals surface area (Å²) in [6, 6.07) is 5.30. The van der Waals surface area contributed by atoms with E-state index in [1.807, 2.05) is 0 Å². The molecule has 172 valence electrons. The number of hydrogen-bond donors (Lipinski definition) is 6. The van der Waals surface area contributed by atoms with Crippen LogP contribution in [0.1, 0.15) is 35.8 Å². The first kappa shape index (κ1) is 27.8. The summed E-state index contributed by atoms with van der Waals surface area (Å²) in [7, 11) is 0. The van der Waals surface area contributed by atoms with E-state index in [2.05, 4.69) is 20.3 Å². The number of hydrogen-bond acceptors (Lipinski definition) is 6. The van der Waals surface area contributed by atoms with Crippen LogP contribution in [0.4, 0.5) is 5.95 Å². The predicted molar refractivity (Wildman–Crippen MR) is 115 cm³/mol. The Kier molecular flexibility index (Phi) is 10.3. The van der Waals surface area contributed by atoms with Gasteiger partial charge in [0, 0.05) is 18.2 Å². The Morgan fingerprint density at radius 3 is 2.42 bits per heavy atom. The minimum Gasteiger partial charge on any atom is -1.00 e. The third-order valence-corrected chi connectivity index (χ3v) is 4.79. The number of H-pyrrole nitrogens is 2. The molecule has 2 heterocycles. The first-order chi connectivity index (χ1) is 14.7. The maximum atomic E-state index is 12.3. The first-order valence-corrected chi connectivity index (χ1v) is 9.44. The number of carbonyl (C=O) groups excluding carboxylic acids is 1. The summed E-state index contributed by atoms with van der Waals surface area (Å²) in [4.78, 5) is 55.7. The number of aromatic nitrogens is 3. The molecule has 13 heteroatoms. The minimum absolute atomic E-state index is 0. The zero-order valence-electron chi connectivity index (χ0n) is 18.8. The molecular formula is C20H24N5NaO7. The van der Waals surface area contributed by atoms with Crippen LogP contribution in [0.15, 0.2) is 35.3 Å². The van der Waals surface area contributed by atoms with Crippen molar-refractivity contribution in [2.24, 2.45) is 0 Å². The predicted octanol–water partition coefficient (Wildman–Crippen LogP) is -3.04. The second-order valence-corrected chi connectivity index (χ2v) is 6.98. The topological polar surface area (TPSA) is 223 Å². The molecule has 0 aliphatic carbocycles. The van der Waals surface area contributed by atoms with Crippen LogP contribution in [0.2, 0.25) is 0 Å². The normalized spacial score (nSPS) is 11.2. The molecular weight excluding hydrogens is 445 g/mol. The molecule has 1 amide bonds. The van der Waals surface area contributed by atoms with E-state index in [0.717, 1.165) is 11.1 Å². The molecule has 1 aromatic carbocycles. The first-order valence-electron chi connectivity index (χ1n) is 9.44. The van der Waals surface area contributed by atoms with E-state index in [9.17, 15) is 19.2 Å². The van der Waals surface area contributed by atoms with Crippen LogP contribution < -0.4 is 46.2 Å². The van der Waals surface area contributed by atoms with Gasteiger partial charge in [0.1, 0.15) is 11.7 Å². The molecule has 3 rings (SSSR count). The number of benzene rings is 1. The van der Waals surface area contributed by atoms with Gasteiger partial charge in [0.05, 0.1) is 5.39 Å². The van der Waals surface area contributed by atoms with Crippen LogP contribution in [0, 0.1) is 0 Å². The Morgan fingerprint density at radius 1 is 1.15 bits per heavy atom. The summed E-state index contributed by atoms with van der Waals surface area (Å²) in [6.45, 7) is 0. The summed E-state index contributed by atoms with van der Waals surface area (Å²) in [5, 5.41) is 20.6. The Labute approximate surface area is 210 Å². The van der Waals surface area contributed by atoms with Crippen LogP contribution in [0.25, 0.3) is 11.0 Å². The van der Waals surface area contributed by atoms with Gasteiger partial charge in [0.25, 0.3) is 11.5 Å². The summed E-state index contributed by atoms with van der Waals surface area (Å²) in [5.41, 5.74) is 7.59. The molecule has 33 heavy (non-hydrogen) atoms. The molecule has 0 aliphatic heterocycles. The molecule has 0 radical (unpaired) electrons. The van der Waals surface area contributed by atoms with Crippen LogP contribution in [0.3, 0.4) is 0 Å². The van der Waals surface area contributed by atoms with Crippen LogP contribution in [-0.2, 0) is 22.4 Å². The number of nitrogen functional groups attached to an aromatic ring is 1. The Balaban J connectivity index is 0.00000363. The van der Waals surface area contributed by atoms with E-state index in [1.54, 1.807) is 30.5 Å². The van der Waals surface area contributed by atoms with Gasteiger partial charge in [0.15, 0.2) is 0 Å². The number of aromatic amines is 2. The quantitative estimate of drug-likeness (QED) is 0.176. The van der Waals surface area contributed by atoms with E-state index >= 15 is 0 Å². The van der Waals surface area contributed by atoms with E-state index in [4.69, 9.17) is 15.9 Å². The number of amides is 1. The van der Waals surface area contributed by atoms with E-state index in [-0.39, 0.29) is 66.4 Å². The van der Waals surface area contributed by atoms with Crippen molar-refractivity contribution in [3.63, 3.8) is 0 Å². The number of aliphatic carboxylic acids is 2. The van der Waals surface area contributed by atoms with Crippen LogP contribution in [-0.4, -0.2) is 54.5 Å². The monoisotopic (exact) mass is 469 g/mol. The minimum atomic E-state index is -1.30. The Bertz CT molecular complexity index is 1200. The molecule has 0 aliphatic rings. The van der Waals surface area contributed by atoms with Crippen molar-refractivity contribution >= 4 is 34.8 Å². The number of nitrogens with zero attached hydrogens (tertiary/aromatic N) is 1. The Hall–Kier alpha value is -3.19. The van der Waals surface area contributed by atoms with Crippen molar-refractivity contribution in [2.45, 2.75) is 31.7 Å². The summed E-state index contributed by atoms with van der Waals surface area (Å²) >= 11 is 0. The van der Waals surface area contributed by atoms with Gasteiger partial charge in [-0.25, -0.2) is 4.79 Å². The van der Waals surface area contributed by atoms with Crippen molar-refractivity contribution in [3.8, 4) is 0 Å². The van der Waals surface area contributed by atoms with Gasteiger partial charge in [0.2, 0.25) is 5.95 Å². The summed E-state index contributed by atoms with van der Waals surface area (Å²) < 4.78 is 0. The van der Waals surface area contributed by atoms with Crippen molar-refractivity contribution in [1.29, 1.82) is 0 Å². The standard InChI is InChI=1S/C20H21N5O6.Na.H2O.H/c21-20-24-16-15(18(29)25-20)12(9-22-16)6-3-10-1-4-11(5-2-10)17(28)23-13(19(30)31)7-8-14(26)27;;;/h1-2,4-5,9,13H,3,6-8H2,(H,23,28)(H,26,27)(H,30,31)(H4,21,22,24,25,29);;1H2;/q;+1;;-1/t13-;;;/m0.../s1. The second kappa shape index (κ2) is 12.2. The number of nitrogens with one attached hydrogen (secondary N) is 3. The van der Waals surface area contributed by atoms with E-state index in [1.165, 1.54) is 0 Å². The zero-order valence-corrected chi connectivity index (χ0v) is 19.8. The van der Waals surface area contributed by atoms with E-state index < -0.39 is 23.9 Å². The molecule has 0 saturated carbocycles. The fourth-order valence-electron chi connectivity index (χ4n) is 3.19. The third-order valence-electron chi connectivity index (χ3n) is 4.79. The third kappa shape index (κ3) is 7.15. The molecule has 9 N–H and O–H groups in total. The maximum Gasteiger partial charge on any atom is 1.00 e. The van der Waals surface area contributed by atoms with Crippen molar-refractivity contribution in [2.75, 3.05) is 5.73 Å². The smallest absolute Gasteiger partial charge is 1.00 e. The van der Waals surface area contributed by atoms with Gasteiger partial charge in [-0.15, -0.1) is 0 Å². The average Bonchev–Trinajstić information content (AvgIpc) is 3.12. The molecule has 0 bridgehead atoms. The number of aryl methyl sites for hydroxylation is 2. The number of nitrogens with two attached hydrogens (primary N) is 1. The van der Waals surface area contributed by atoms with Gasteiger partial charge in [-0.3, -0.25) is 19.4 Å². The number of carbonyl (C=O) groups is 3. The number of carboxylic acids is 2. The van der Waals surface area contributed by atoms with Crippen molar-refractivity contribution in [1.82, 2.24) is 20.3 Å².